The number of aryl methyl sites for hydroxylation is 2. The molecule has 0 aliphatic rings. The summed E-state index contributed by atoms with van der Waals surface area (Å²) in [5, 5.41) is 4.99. The lowest BCUT2D eigenvalue weighted by Crippen LogP contribution is -2.27. The molecule has 0 atom stereocenters. The van der Waals surface area contributed by atoms with Crippen molar-refractivity contribution in [2.75, 3.05) is 12.3 Å². The third-order valence-electron chi connectivity index (χ3n) is 2.84. The van der Waals surface area contributed by atoms with Crippen molar-refractivity contribution in [1.29, 1.82) is 0 Å². The van der Waals surface area contributed by atoms with Crippen LogP contribution in [0.4, 0.5) is 13.2 Å². The van der Waals surface area contributed by atoms with Crippen LogP contribution in [0.15, 0.2) is 10.9 Å². The average molecular weight is 334 g/mol. The van der Waals surface area contributed by atoms with Gasteiger partial charge in [-0.2, -0.15) is 13.2 Å². The van der Waals surface area contributed by atoms with Gasteiger partial charge in [-0.1, -0.05) is 0 Å². The summed E-state index contributed by atoms with van der Waals surface area (Å²) in [4.78, 5) is 28.1. The van der Waals surface area contributed by atoms with Crippen molar-refractivity contribution in [2.45, 2.75) is 12.4 Å². The third kappa shape index (κ3) is 3.62. The second-order valence-corrected chi connectivity index (χ2v) is 5.72. The minimum Gasteiger partial charge on any atom is -0.351 e. The van der Waals surface area contributed by atoms with Crippen LogP contribution in [0.1, 0.15) is 16.1 Å². The molecular formula is C12H13F3N4O2S. The molecule has 0 radical (unpaired) electrons. The van der Waals surface area contributed by atoms with Crippen LogP contribution in [-0.2, 0) is 7.05 Å². The molecule has 0 unspecified atom stereocenters. The van der Waals surface area contributed by atoms with E-state index in [-0.39, 0.29) is 35.0 Å². The minimum atomic E-state index is -4.33. The highest BCUT2D eigenvalue weighted by molar-refractivity contribution is 8.00. The van der Waals surface area contributed by atoms with E-state index in [0.29, 0.717) is 11.3 Å². The van der Waals surface area contributed by atoms with Gasteiger partial charge in [0.15, 0.2) is 5.65 Å². The van der Waals surface area contributed by atoms with Crippen molar-refractivity contribution in [3.63, 3.8) is 0 Å². The van der Waals surface area contributed by atoms with Gasteiger partial charge in [0.05, 0.1) is 10.9 Å². The highest BCUT2D eigenvalue weighted by Crippen LogP contribution is 2.29. The van der Waals surface area contributed by atoms with Gasteiger partial charge in [-0.15, -0.1) is 0 Å². The van der Waals surface area contributed by atoms with Crippen molar-refractivity contribution in [2.24, 2.45) is 7.05 Å². The van der Waals surface area contributed by atoms with Crippen LogP contribution in [0.2, 0.25) is 0 Å². The average Bonchev–Trinajstić information content (AvgIpc) is 2.68. The molecule has 22 heavy (non-hydrogen) atoms. The van der Waals surface area contributed by atoms with E-state index in [1.165, 1.54) is 10.7 Å². The number of halogens is 3. The smallest absolute Gasteiger partial charge is 0.351 e. The Kier molecular flexibility index (Phi) is 4.50. The number of nitrogens with one attached hydrogen (secondary N) is 2. The van der Waals surface area contributed by atoms with E-state index in [4.69, 9.17) is 0 Å². The molecule has 2 aromatic heterocycles. The third-order valence-corrected chi connectivity index (χ3v) is 3.58. The normalized spacial score (nSPS) is 11.9. The molecule has 2 rings (SSSR count). The number of rotatable bonds is 4. The molecule has 0 aromatic carbocycles. The molecule has 2 aromatic rings. The zero-order valence-electron chi connectivity index (χ0n) is 11.7. The second-order valence-electron chi connectivity index (χ2n) is 4.56. The number of fused-ring (bicyclic) bond motifs is 1. The summed E-state index contributed by atoms with van der Waals surface area (Å²) < 4.78 is 37.4. The Hall–Kier alpha value is -1.97. The number of aromatic nitrogens is 3. The number of H-pyrrole nitrogens is 1. The Morgan fingerprint density at radius 3 is 2.82 bits per heavy atom. The van der Waals surface area contributed by atoms with Gasteiger partial charge in [0.2, 0.25) is 0 Å². The van der Waals surface area contributed by atoms with E-state index in [2.05, 4.69) is 15.4 Å². The lowest BCUT2D eigenvalue weighted by Gasteiger charge is -2.08. The van der Waals surface area contributed by atoms with Crippen LogP contribution < -0.4 is 10.9 Å². The SMILES string of the molecule is Cc1cc(C(=O)NCCSC(F)(F)F)c2c(=O)[nH]n(C)c2n1. The number of aromatic amines is 1. The van der Waals surface area contributed by atoms with Gasteiger partial charge >= 0.3 is 5.51 Å². The minimum absolute atomic E-state index is 0.0985. The molecular weight excluding hydrogens is 321 g/mol. The summed E-state index contributed by atoms with van der Waals surface area (Å²) in [6.07, 6.45) is 0. The van der Waals surface area contributed by atoms with Gasteiger partial charge in [0.25, 0.3) is 11.5 Å². The molecule has 120 valence electrons. The van der Waals surface area contributed by atoms with Crippen LogP contribution in [0, 0.1) is 6.92 Å². The molecule has 0 aliphatic carbocycles. The number of carbonyl (C=O) groups is 1. The fourth-order valence-electron chi connectivity index (χ4n) is 1.99. The maximum Gasteiger partial charge on any atom is 0.441 e. The highest BCUT2D eigenvalue weighted by atomic mass is 32.2. The van der Waals surface area contributed by atoms with Crippen molar-refractivity contribution in [1.82, 2.24) is 20.1 Å². The van der Waals surface area contributed by atoms with Crippen LogP contribution in [0.25, 0.3) is 11.0 Å². The van der Waals surface area contributed by atoms with Gasteiger partial charge in [-0.05, 0) is 24.8 Å². The molecule has 0 bridgehead atoms. The molecule has 2 N–H and O–H groups in total. The zero-order chi connectivity index (χ0) is 16.5. The van der Waals surface area contributed by atoms with Crippen molar-refractivity contribution >= 4 is 28.7 Å². The van der Waals surface area contributed by atoms with Crippen LogP contribution in [-0.4, -0.2) is 38.5 Å². The second kappa shape index (κ2) is 6.03. The number of carbonyl (C=O) groups excluding carboxylic acids is 1. The Morgan fingerprint density at radius 2 is 2.18 bits per heavy atom. The maximum absolute atomic E-state index is 12.1. The quantitative estimate of drug-likeness (QED) is 0.832. The summed E-state index contributed by atoms with van der Waals surface area (Å²) >= 11 is -0.214. The first kappa shape index (κ1) is 16.4. The monoisotopic (exact) mass is 334 g/mol. The summed E-state index contributed by atoms with van der Waals surface area (Å²) in [6, 6.07) is 1.43. The zero-order valence-corrected chi connectivity index (χ0v) is 12.6. The van der Waals surface area contributed by atoms with E-state index >= 15 is 0 Å². The van der Waals surface area contributed by atoms with Crippen molar-refractivity contribution < 1.29 is 18.0 Å². The number of hydrogen-bond acceptors (Lipinski definition) is 4. The summed E-state index contributed by atoms with van der Waals surface area (Å²) in [7, 11) is 1.58. The Labute approximate surface area is 127 Å². The molecule has 0 saturated heterocycles. The molecule has 0 saturated carbocycles. The molecule has 6 nitrogen and oxygen atoms in total. The Balaban J connectivity index is 2.20. The van der Waals surface area contributed by atoms with E-state index in [0.717, 1.165) is 0 Å². The number of alkyl halides is 3. The molecule has 2 heterocycles. The van der Waals surface area contributed by atoms with Crippen molar-refractivity contribution in [3.8, 4) is 0 Å². The van der Waals surface area contributed by atoms with E-state index in [9.17, 15) is 22.8 Å². The van der Waals surface area contributed by atoms with Crippen LogP contribution >= 0.6 is 11.8 Å². The Morgan fingerprint density at radius 1 is 1.50 bits per heavy atom. The highest BCUT2D eigenvalue weighted by Gasteiger charge is 2.27. The number of nitrogens with zero attached hydrogens (tertiary/aromatic N) is 2. The largest absolute Gasteiger partial charge is 0.441 e. The Bertz CT molecular complexity index is 766. The van der Waals surface area contributed by atoms with Gasteiger partial charge < -0.3 is 5.32 Å². The van der Waals surface area contributed by atoms with E-state index in [1.54, 1.807) is 14.0 Å². The number of amides is 1. The molecule has 0 spiro atoms. The number of thioether (sulfide) groups is 1. The lowest BCUT2D eigenvalue weighted by atomic mass is 10.1. The number of hydrogen-bond donors (Lipinski definition) is 2. The maximum atomic E-state index is 12.1. The fourth-order valence-corrected chi connectivity index (χ4v) is 2.43. The summed E-state index contributed by atoms with van der Waals surface area (Å²) in [5.74, 6) is -0.900. The standard InChI is InChI=1S/C12H13F3N4O2S/c1-6-5-7(8-9(17-6)19(2)18-11(8)21)10(20)16-3-4-22-12(13,14)15/h5H,3-4H2,1-2H3,(H,16,20)(H,18,21). The number of pyridine rings is 1. The van der Waals surface area contributed by atoms with Gasteiger partial charge in [-0.3, -0.25) is 19.4 Å². The summed E-state index contributed by atoms with van der Waals surface area (Å²) in [6.45, 7) is 1.50. The van der Waals surface area contributed by atoms with Gasteiger partial charge in [0.1, 0.15) is 0 Å². The topological polar surface area (TPSA) is 79.8 Å². The lowest BCUT2D eigenvalue weighted by molar-refractivity contribution is -0.0327. The molecule has 1 amide bonds. The van der Waals surface area contributed by atoms with Crippen LogP contribution in [0.5, 0.6) is 0 Å². The van der Waals surface area contributed by atoms with Crippen molar-refractivity contribution in [3.05, 3.63) is 27.7 Å². The van der Waals surface area contributed by atoms with E-state index < -0.39 is 17.0 Å². The molecule has 0 aliphatic heterocycles. The van der Waals surface area contributed by atoms with Gasteiger partial charge in [-0.25, -0.2) is 4.98 Å². The van der Waals surface area contributed by atoms with Crippen LogP contribution in [0.3, 0.4) is 0 Å². The first-order valence-electron chi connectivity index (χ1n) is 6.24. The predicted molar refractivity (Wildman–Crippen MR) is 76.9 cm³/mol. The van der Waals surface area contributed by atoms with Gasteiger partial charge in [0, 0.05) is 25.0 Å². The fraction of sp³-hybridized carbons (Fsp3) is 0.417. The predicted octanol–water partition coefficient (Wildman–Crippen LogP) is 1.55. The molecule has 10 heteroatoms. The first-order chi connectivity index (χ1) is 10.2. The first-order valence-corrected chi connectivity index (χ1v) is 7.23. The molecule has 0 fully saturated rings. The van der Waals surface area contributed by atoms with E-state index in [1.807, 2.05) is 0 Å². The summed E-state index contributed by atoms with van der Waals surface area (Å²) in [5.41, 5.74) is -3.86.